The van der Waals surface area contributed by atoms with Crippen LogP contribution in [0.3, 0.4) is 0 Å². The number of fused-ring (bicyclic) bond motifs is 1. The molecule has 1 fully saturated rings. The average Bonchev–Trinajstić information content (AvgIpc) is 3.25. The SMILES string of the molecule is CCOC(=O)NC(=O)c1c(NC(=O)c2ccc(S(=O)(=O)N3CC(C)CC(C)C3)cc2)sc2c1CCN(CC)C2. The van der Waals surface area contributed by atoms with Crippen LogP contribution in [0.15, 0.2) is 29.2 Å². The van der Waals surface area contributed by atoms with Crippen LogP contribution in [0.1, 0.15) is 65.3 Å². The Labute approximate surface area is 233 Å². The fourth-order valence-electron chi connectivity index (χ4n) is 5.28. The number of anilines is 1. The van der Waals surface area contributed by atoms with Crippen molar-refractivity contribution in [1.82, 2.24) is 14.5 Å². The van der Waals surface area contributed by atoms with E-state index >= 15 is 0 Å². The van der Waals surface area contributed by atoms with Gasteiger partial charge in [-0.2, -0.15) is 4.31 Å². The number of alkyl carbamates (subject to hydrolysis) is 1. The minimum Gasteiger partial charge on any atom is -0.450 e. The Morgan fingerprint density at radius 2 is 1.72 bits per heavy atom. The van der Waals surface area contributed by atoms with Crippen LogP contribution in [0.2, 0.25) is 0 Å². The molecule has 3 heterocycles. The van der Waals surface area contributed by atoms with E-state index < -0.39 is 27.9 Å². The van der Waals surface area contributed by atoms with Gasteiger partial charge in [0.15, 0.2) is 0 Å². The lowest BCUT2D eigenvalue weighted by Gasteiger charge is -2.34. The van der Waals surface area contributed by atoms with Crippen molar-refractivity contribution >= 4 is 44.3 Å². The van der Waals surface area contributed by atoms with Gasteiger partial charge in [0.1, 0.15) is 5.00 Å². The van der Waals surface area contributed by atoms with Gasteiger partial charge in [0.05, 0.1) is 17.1 Å². The third-order valence-corrected chi connectivity index (χ3v) is 10.1. The summed E-state index contributed by atoms with van der Waals surface area (Å²) in [6, 6.07) is 5.84. The van der Waals surface area contributed by atoms with E-state index in [2.05, 4.69) is 36.3 Å². The molecule has 0 bridgehead atoms. The van der Waals surface area contributed by atoms with Crippen LogP contribution in [-0.4, -0.2) is 68.3 Å². The molecule has 1 saturated heterocycles. The normalized spacial score (nSPS) is 20.2. The van der Waals surface area contributed by atoms with Gasteiger partial charge < -0.3 is 10.1 Å². The third-order valence-electron chi connectivity index (χ3n) is 7.12. The Balaban J connectivity index is 1.56. The van der Waals surface area contributed by atoms with E-state index in [4.69, 9.17) is 4.74 Å². The van der Waals surface area contributed by atoms with E-state index in [0.717, 1.165) is 30.0 Å². The van der Waals surface area contributed by atoms with E-state index in [1.54, 1.807) is 6.92 Å². The maximum absolute atomic E-state index is 13.2. The number of nitrogens with one attached hydrogen (secondary N) is 2. The number of benzene rings is 1. The van der Waals surface area contributed by atoms with Crippen LogP contribution in [0.4, 0.5) is 9.80 Å². The van der Waals surface area contributed by atoms with E-state index in [1.165, 1.54) is 39.9 Å². The number of amides is 3. The summed E-state index contributed by atoms with van der Waals surface area (Å²) in [5, 5.41) is 5.41. The van der Waals surface area contributed by atoms with Crippen molar-refractivity contribution in [3.05, 3.63) is 45.8 Å². The largest absolute Gasteiger partial charge is 0.450 e. The molecule has 1 aromatic carbocycles. The molecule has 4 rings (SSSR count). The summed E-state index contributed by atoms with van der Waals surface area (Å²) in [6.45, 7) is 11.1. The predicted octanol–water partition coefficient (Wildman–Crippen LogP) is 3.93. The monoisotopic (exact) mass is 576 g/mol. The summed E-state index contributed by atoms with van der Waals surface area (Å²) >= 11 is 1.31. The maximum Gasteiger partial charge on any atom is 0.414 e. The number of carbonyl (C=O) groups is 3. The lowest BCUT2D eigenvalue weighted by atomic mass is 9.94. The van der Waals surface area contributed by atoms with Crippen molar-refractivity contribution in [2.45, 2.75) is 52.0 Å². The summed E-state index contributed by atoms with van der Waals surface area (Å²) in [7, 11) is -3.67. The van der Waals surface area contributed by atoms with Crippen LogP contribution in [0.5, 0.6) is 0 Å². The van der Waals surface area contributed by atoms with Gasteiger partial charge in [0.25, 0.3) is 11.8 Å². The topological polar surface area (TPSA) is 125 Å². The van der Waals surface area contributed by atoms with E-state index in [1.807, 2.05) is 0 Å². The highest BCUT2D eigenvalue weighted by molar-refractivity contribution is 7.89. The number of likely N-dealkylation sites (N-methyl/N-ethyl adjacent to an activating group) is 1. The number of thiophene rings is 1. The van der Waals surface area contributed by atoms with Gasteiger partial charge in [-0.3, -0.25) is 19.8 Å². The molecule has 2 aliphatic heterocycles. The number of nitrogens with zero attached hydrogens (tertiary/aromatic N) is 2. The lowest BCUT2D eigenvalue weighted by Crippen LogP contribution is -2.42. The fraction of sp³-hybridized carbons (Fsp3) is 0.519. The number of sulfonamides is 1. The van der Waals surface area contributed by atoms with Crippen LogP contribution in [0, 0.1) is 11.8 Å². The van der Waals surface area contributed by atoms with Crippen LogP contribution in [0.25, 0.3) is 0 Å². The Hall–Kier alpha value is -2.80. The Kier molecular flexibility index (Phi) is 9.10. The molecule has 3 amide bonds. The molecule has 0 radical (unpaired) electrons. The van der Waals surface area contributed by atoms with Gasteiger partial charge in [-0.1, -0.05) is 20.8 Å². The van der Waals surface area contributed by atoms with E-state index in [9.17, 15) is 22.8 Å². The van der Waals surface area contributed by atoms with E-state index in [0.29, 0.717) is 31.1 Å². The van der Waals surface area contributed by atoms with Crippen LogP contribution >= 0.6 is 11.3 Å². The average molecular weight is 577 g/mol. The molecule has 0 saturated carbocycles. The van der Waals surface area contributed by atoms with Crippen LogP contribution < -0.4 is 10.6 Å². The molecule has 2 N–H and O–H groups in total. The number of carbonyl (C=O) groups excluding carboxylic acids is 3. The fourth-order valence-corrected chi connectivity index (χ4v) is 8.24. The number of imide groups is 1. The first-order valence-electron chi connectivity index (χ1n) is 13.3. The van der Waals surface area contributed by atoms with Crippen molar-refractivity contribution in [3.8, 4) is 0 Å². The van der Waals surface area contributed by atoms with Gasteiger partial charge in [-0.05, 0) is 68.0 Å². The first-order chi connectivity index (χ1) is 18.5. The molecule has 0 spiro atoms. The molecule has 10 nitrogen and oxygen atoms in total. The third kappa shape index (κ3) is 6.51. The minimum atomic E-state index is -3.67. The molecule has 2 unspecified atom stereocenters. The van der Waals surface area contributed by atoms with E-state index in [-0.39, 0.29) is 34.5 Å². The van der Waals surface area contributed by atoms with Gasteiger partial charge in [0, 0.05) is 36.6 Å². The second-order valence-electron chi connectivity index (χ2n) is 10.2. The van der Waals surface area contributed by atoms with Crippen molar-refractivity contribution in [1.29, 1.82) is 0 Å². The number of rotatable bonds is 7. The summed E-state index contributed by atoms with van der Waals surface area (Å²) in [4.78, 5) is 41.5. The minimum absolute atomic E-state index is 0.122. The maximum atomic E-state index is 13.2. The van der Waals surface area contributed by atoms with Gasteiger partial charge in [0.2, 0.25) is 10.0 Å². The first kappa shape index (κ1) is 29.2. The number of hydrogen-bond donors (Lipinski definition) is 2. The highest BCUT2D eigenvalue weighted by Gasteiger charge is 2.32. The van der Waals surface area contributed by atoms with Gasteiger partial charge >= 0.3 is 6.09 Å². The summed E-state index contributed by atoms with van der Waals surface area (Å²) < 4.78 is 32.8. The van der Waals surface area contributed by atoms with Crippen molar-refractivity contribution < 1.29 is 27.5 Å². The molecule has 2 aromatic rings. The molecule has 2 atom stereocenters. The Bertz CT molecular complexity index is 1330. The standard InChI is InChI=1S/C27H36N4O6S2/c1-5-30-12-11-21-22(16-30)38-26(23(21)25(33)29-27(34)37-6-2)28-24(32)19-7-9-20(10-8-19)39(35,36)31-14-17(3)13-18(4)15-31/h7-10,17-18H,5-6,11-16H2,1-4H3,(H,28,32)(H,29,33,34). The second-order valence-corrected chi connectivity index (χ2v) is 13.3. The smallest absolute Gasteiger partial charge is 0.414 e. The quantitative estimate of drug-likeness (QED) is 0.512. The Morgan fingerprint density at radius 1 is 1.05 bits per heavy atom. The second kappa shape index (κ2) is 12.2. The Morgan fingerprint density at radius 3 is 2.33 bits per heavy atom. The van der Waals surface area contributed by atoms with Crippen LogP contribution in [-0.2, 0) is 27.7 Å². The molecule has 0 aliphatic carbocycles. The molecular weight excluding hydrogens is 540 g/mol. The molecule has 39 heavy (non-hydrogen) atoms. The zero-order chi connectivity index (χ0) is 28.3. The molecule has 2 aliphatic rings. The highest BCUT2D eigenvalue weighted by Crippen LogP contribution is 2.37. The zero-order valence-corrected chi connectivity index (χ0v) is 24.4. The zero-order valence-electron chi connectivity index (χ0n) is 22.8. The summed E-state index contributed by atoms with van der Waals surface area (Å²) in [5.74, 6) is -0.539. The lowest BCUT2D eigenvalue weighted by molar-refractivity contribution is 0.0924. The molecule has 212 valence electrons. The number of ether oxygens (including phenoxy) is 1. The molecular formula is C27H36N4O6S2. The van der Waals surface area contributed by atoms with Crippen molar-refractivity contribution in [3.63, 3.8) is 0 Å². The number of hydrogen-bond acceptors (Lipinski definition) is 8. The molecule has 12 heteroatoms. The predicted molar refractivity (Wildman–Crippen MR) is 150 cm³/mol. The molecule has 1 aromatic heterocycles. The highest BCUT2D eigenvalue weighted by atomic mass is 32.2. The van der Waals surface area contributed by atoms with Gasteiger partial charge in [-0.25, -0.2) is 13.2 Å². The van der Waals surface area contributed by atoms with Crippen molar-refractivity contribution in [2.24, 2.45) is 11.8 Å². The first-order valence-corrected chi connectivity index (χ1v) is 15.6. The number of piperidine rings is 1. The summed E-state index contributed by atoms with van der Waals surface area (Å²) in [6.07, 6.45) is 0.759. The van der Waals surface area contributed by atoms with Gasteiger partial charge in [-0.15, -0.1) is 11.3 Å². The summed E-state index contributed by atoms with van der Waals surface area (Å²) in [5.41, 5.74) is 1.33. The van der Waals surface area contributed by atoms with Crippen molar-refractivity contribution in [2.75, 3.05) is 38.1 Å².